The Hall–Kier alpha value is -1.26. The van der Waals surface area contributed by atoms with Crippen molar-refractivity contribution < 1.29 is 19.4 Å². The van der Waals surface area contributed by atoms with E-state index in [9.17, 15) is 9.59 Å². The van der Waals surface area contributed by atoms with Crippen molar-refractivity contribution in [2.24, 2.45) is 5.92 Å². The van der Waals surface area contributed by atoms with E-state index in [-0.39, 0.29) is 5.54 Å². The van der Waals surface area contributed by atoms with Gasteiger partial charge in [-0.05, 0) is 46.5 Å². The molecule has 1 atom stereocenters. The fourth-order valence-corrected chi connectivity index (χ4v) is 2.18. The minimum absolute atomic E-state index is 0.389. The summed E-state index contributed by atoms with van der Waals surface area (Å²) in [6, 6.07) is 0. The number of hydrogen-bond donors (Lipinski definition) is 2. The molecule has 0 radical (unpaired) electrons. The third-order valence-electron chi connectivity index (χ3n) is 3.20. The van der Waals surface area contributed by atoms with Crippen molar-refractivity contribution in [2.75, 3.05) is 0 Å². The van der Waals surface area contributed by atoms with Gasteiger partial charge in [0.1, 0.15) is 5.60 Å². The molecule has 1 saturated carbocycles. The van der Waals surface area contributed by atoms with Crippen LogP contribution in [0.2, 0.25) is 0 Å². The lowest BCUT2D eigenvalue weighted by Gasteiger charge is -2.43. The van der Waals surface area contributed by atoms with Gasteiger partial charge < -0.3 is 15.2 Å². The van der Waals surface area contributed by atoms with Gasteiger partial charge in [0, 0.05) is 5.54 Å². The van der Waals surface area contributed by atoms with Crippen LogP contribution in [-0.2, 0) is 9.53 Å². The Balaban J connectivity index is 2.55. The molecular weight excluding hydrogens is 234 g/mol. The number of amides is 1. The Labute approximate surface area is 108 Å². The molecule has 1 fully saturated rings. The Kier molecular flexibility index (Phi) is 4.24. The van der Waals surface area contributed by atoms with E-state index < -0.39 is 23.6 Å². The van der Waals surface area contributed by atoms with E-state index in [0.29, 0.717) is 6.42 Å². The number of ether oxygens (including phenoxy) is 1. The van der Waals surface area contributed by atoms with Crippen molar-refractivity contribution in [2.45, 2.75) is 64.5 Å². The molecule has 1 unspecified atom stereocenters. The zero-order chi connectivity index (χ0) is 14.0. The highest BCUT2D eigenvalue weighted by molar-refractivity contribution is 5.71. The van der Waals surface area contributed by atoms with Crippen LogP contribution >= 0.6 is 0 Å². The number of carbonyl (C=O) groups excluding carboxylic acids is 1. The van der Waals surface area contributed by atoms with Gasteiger partial charge in [-0.2, -0.15) is 0 Å². The monoisotopic (exact) mass is 257 g/mol. The summed E-state index contributed by atoms with van der Waals surface area (Å²) in [6.45, 7) is 7.08. The number of nitrogens with one attached hydrogen (secondary N) is 1. The molecule has 0 aromatic rings. The van der Waals surface area contributed by atoms with Crippen LogP contribution in [0.25, 0.3) is 0 Å². The minimum Gasteiger partial charge on any atom is -0.481 e. The van der Waals surface area contributed by atoms with Crippen LogP contribution in [0.1, 0.15) is 53.4 Å². The second-order valence-electron chi connectivity index (χ2n) is 6.20. The molecule has 0 aromatic carbocycles. The fraction of sp³-hybridized carbons (Fsp3) is 0.846. The average molecular weight is 257 g/mol. The topological polar surface area (TPSA) is 75.6 Å². The van der Waals surface area contributed by atoms with Crippen LogP contribution < -0.4 is 5.32 Å². The first kappa shape index (κ1) is 14.8. The van der Waals surface area contributed by atoms with Crippen molar-refractivity contribution in [1.82, 2.24) is 5.32 Å². The van der Waals surface area contributed by atoms with Crippen LogP contribution in [0.5, 0.6) is 0 Å². The molecule has 0 heterocycles. The molecule has 1 aliphatic carbocycles. The molecule has 18 heavy (non-hydrogen) atoms. The Morgan fingerprint density at radius 2 is 1.94 bits per heavy atom. The van der Waals surface area contributed by atoms with Gasteiger partial charge in [-0.1, -0.05) is 6.92 Å². The van der Waals surface area contributed by atoms with Crippen molar-refractivity contribution in [1.29, 1.82) is 0 Å². The maximum absolute atomic E-state index is 11.7. The summed E-state index contributed by atoms with van der Waals surface area (Å²) in [4.78, 5) is 22.6. The second-order valence-corrected chi connectivity index (χ2v) is 6.20. The maximum atomic E-state index is 11.7. The first-order valence-corrected chi connectivity index (χ1v) is 6.38. The summed E-state index contributed by atoms with van der Waals surface area (Å²) in [6.07, 6.45) is 2.66. The van der Waals surface area contributed by atoms with Crippen LogP contribution in [0.3, 0.4) is 0 Å². The van der Waals surface area contributed by atoms with Gasteiger partial charge in [0.05, 0.1) is 5.92 Å². The number of carbonyl (C=O) groups is 2. The Morgan fingerprint density at radius 3 is 2.28 bits per heavy atom. The SMILES string of the molecule is CC(CC1(NC(=O)OC(C)(C)C)CCC1)C(=O)O. The average Bonchev–Trinajstić information content (AvgIpc) is 2.10. The predicted molar refractivity (Wildman–Crippen MR) is 67.4 cm³/mol. The number of hydrogen-bond acceptors (Lipinski definition) is 3. The zero-order valence-corrected chi connectivity index (χ0v) is 11.6. The van der Waals surface area contributed by atoms with E-state index >= 15 is 0 Å². The maximum Gasteiger partial charge on any atom is 0.408 e. The van der Waals surface area contributed by atoms with E-state index in [2.05, 4.69) is 5.32 Å². The standard InChI is InChI=1S/C13H23NO4/c1-9(10(15)16)8-13(6-5-7-13)14-11(17)18-12(2,3)4/h9H,5-8H2,1-4H3,(H,14,17)(H,15,16). The molecule has 0 aliphatic heterocycles. The summed E-state index contributed by atoms with van der Waals surface area (Å²) >= 11 is 0. The fourth-order valence-electron chi connectivity index (χ4n) is 2.18. The molecule has 1 amide bonds. The van der Waals surface area contributed by atoms with Gasteiger partial charge in [-0.15, -0.1) is 0 Å². The normalized spacial score (nSPS) is 19.6. The highest BCUT2D eigenvalue weighted by Gasteiger charge is 2.41. The molecule has 5 heteroatoms. The lowest BCUT2D eigenvalue weighted by molar-refractivity contribution is -0.142. The molecule has 2 N–H and O–H groups in total. The first-order valence-electron chi connectivity index (χ1n) is 6.38. The third kappa shape index (κ3) is 4.20. The van der Waals surface area contributed by atoms with Crippen molar-refractivity contribution in [3.05, 3.63) is 0 Å². The summed E-state index contributed by atoms with van der Waals surface area (Å²) < 4.78 is 5.21. The number of carboxylic acid groups (broad SMARTS) is 1. The first-order chi connectivity index (χ1) is 8.14. The Morgan fingerprint density at radius 1 is 1.39 bits per heavy atom. The van der Waals surface area contributed by atoms with Crippen LogP contribution in [0, 0.1) is 5.92 Å². The van der Waals surface area contributed by atoms with E-state index in [0.717, 1.165) is 19.3 Å². The quantitative estimate of drug-likeness (QED) is 0.811. The zero-order valence-electron chi connectivity index (χ0n) is 11.6. The van der Waals surface area contributed by atoms with Crippen LogP contribution in [0.4, 0.5) is 4.79 Å². The molecule has 1 aliphatic rings. The van der Waals surface area contributed by atoms with Gasteiger partial charge in [0.25, 0.3) is 0 Å². The summed E-state index contributed by atoms with van der Waals surface area (Å²) in [5, 5.41) is 11.8. The summed E-state index contributed by atoms with van der Waals surface area (Å²) in [5.74, 6) is -1.28. The van der Waals surface area contributed by atoms with Crippen molar-refractivity contribution in [3.63, 3.8) is 0 Å². The molecule has 0 saturated heterocycles. The van der Waals surface area contributed by atoms with Gasteiger partial charge in [0.15, 0.2) is 0 Å². The molecule has 0 spiro atoms. The van der Waals surface area contributed by atoms with Crippen LogP contribution in [0.15, 0.2) is 0 Å². The van der Waals surface area contributed by atoms with Gasteiger partial charge in [-0.3, -0.25) is 4.79 Å². The van der Waals surface area contributed by atoms with Gasteiger partial charge in [0.2, 0.25) is 0 Å². The third-order valence-corrected chi connectivity index (χ3v) is 3.20. The number of alkyl carbamates (subject to hydrolysis) is 1. The molecule has 0 bridgehead atoms. The van der Waals surface area contributed by atoms with Crippen LogP contribution in [-0.4, -0.2) is 28.3 Å². The number of aliphatic carboxylic acids is 1. The molecular formula is C13H23NO4. The predicted octanol–water partition coefficient (Wildman–Crippen LogP) is 2.54. The number of carboxylic acids is 1. The van der Waals surface area contributed by atoms with Gasteiger partial charge in [-0.25, -0.2) is 4.79 Å². The highest BCUT2D eigenvalue weighted by atomic mass is 16.6. The van der Waals surface area contributed by atoms with E-state index in [1.807, 2.05) is 0 Å². The largest absolute Gasteiger partial charge is 0.481 e. The van der Waals surface area contributed by atoms with Crippen molar-refractivity contribution >= 4 is 12.1 Å². The second kappa shape index (κ2) is 5.16. The van der Waals surface area contributed by atoms with E-state index in [1.165, 1.54) is 0 Å². The lowest BCUT2D eigenvalue weighted by Crippen LogP contribution is -2.55. The minimum atomic E-state index is -0.827. The van der Waals surface area contributed by atoms with Crippen molar-refractivity contribution in [3.8, 4) is 0 Å². The van der Waals surface area contributed by atoms with E-state index in [4.69, 9.17) is 9.84 Å². The Bertz CT molecular complexity index is 328. The lowest BCUT2D eigenvalue weighted by atomic mass is 9.71. The summed E-state index contributed by atoms with van der Waals surface area (Å²) in [5.41, 5.74) is -0.923. The molecule has 0 aromatic heterocycles. The van der Waals surface area contributed by atoms with E-state index in [1.54, 1.807) is 27.7 Å². The molecule has 1 rings (SSSR count). The number of rotatable bonds is 4. The van der Waals surface area contributed by atoms with Gasteiger partial charge >= 0.3 is 12.1 Å². The highest BCUT2D eigenvalue weighted by Crippen LogP contribution is 2.37. The molecule has 104 valence electrons. The molecule has 5 nitrogen and oxygen atoms in total. The smallest absolute Gasteiger partial charge is 0.408 e. The summed E-state index contributed by atoms with van der Waals surface area (Å²) in [7, 11) is 0.